The minimum atomic E-state index is -0.936. The number of hydrogen-bond acceptors (Lipinski definition) is 5. The monoisotopic (exact) mass is 540 g/mol. The van der Waals surface area contributed by atoms with E-state index in [9.17, 15) is 14.3 Å². The Bertz CT molecular complexity index is 1420. The Morgan fingerprint density at radius 3 is 2.66 bits per heavy atom. The molecule has 0 radical (unpaired) electrons. The summed E-state index contributed by atoms with van der Waals surface area (Å²) in [7, 11) is 0. The van der Waals surface area contributed by atoms with Crippen LogP contribution < -0.4 is 4.90 Å². The highest BCUT2D eigenvalue weighted by Crippen LogP contribution is 2.43. The fraction of sp³-hybridized carbons (Fsp3) is 0.360. The van der Waals surface area contributed by atoms with E-state index in [4.69, 9.17) is 0 Å². The summed E-state index contributed by atoms with van der Waals surface area (Å²) < 4.78 is 17.4. The first-order valence-corrected chi connectivity index (χ1v) is 12.3. The molecule has 1 aromatic carbocycles. The van der Waals surface area contributed by atoms with Crippen molar-refractivity contribution in [3.8, 4) is 17.2 Å². The van der Waals surface area contributed by atoms with Gasteiger partial charge in [-0.2, -0.15) is 0 Å². The van der Waals surface area contributed by atoms with Gasteiger partial charge < -0.3 is 14.9 Å². The van der Waals surface area contributed by atoms with E-state index in [2.05, 4.69) is 49.6 Å². The second kappa shape index (κ2) is 8.75. The lowest BCUT2D eigenvalue weighted by atomic mass is 10.0. The van der Waals surface area contributed by atoms with Crippen molar-refractivity contribution in [2.75, 3.05) is 24.5 Å². The number of fused-ring (bicyclic) bond motifs is 2. The molecule has 4 heterocycles. The predicted octanol–water partition coefficient (Wildman–Crippen LogP) is 5.44. The van der Waals surface area contributed by atoms with Crippen LogP contribution in [-0.2, 0) is 0 Å². The van der Waals surface area contributed by atoms with Crippen molar-refractivity contribution in [2.24, 2.45) is 0 Å². The zero-order valence-corrected chi connectivity index (χ0v) is 21.5. The van der Waals surface area contributed by atoms with Crippen molar-refractivity contribution in [1.82, 2.24) is 24.4 Å². The summed E-state index contributed by atoms with van der Waals surface area (Å²) in [5, 5.41) is 10.2. The van der Waals surface area contributed by atoms with E-state index in [1.165, 1.54) is 17.3 Å². The highest BCUT2D eigenvalue weighted by atomic mass is 79.9. The zero-order valence-electron chi connectivity index (χ0n) is 20.0. The molecule has 8 nitrogen and oxygen atoms in total. The average molecular weight is 541 g/mol. The van der Waals surface area contributed by atoms with Crippen LogP contribution in [0.5, 0.6) is 0 Å². The number of amides is 1. The first-order chi connectivity index (χ1) is 16.7. The van der Waals surface area contributed by atoms with Gasteiger partial charge in [0.2, 0.25) is 0 Å². The number of benzene rings is 1. The molecule has 10 heteroatoms. The topological polar surface area (TPSA) is 87.4 Å². The fourth-order valence-electron chi connectivity index (χ4n) is 5.01. The van der Waals surface area contributed by atoms with E-state index in [1.54, 1.807) is 12.3 Å². The van der Waals surface area contributed by atoms with Gasteiger partial charge in [0.15, 0.2) is 5.82 Å². The predicted molar refractivity (Wildman–Crippen MR) is 136 cm³/mol. The molecular weight excluding hydrogens is 515 g/mol. The molecule has 5 rings (SSSR count). The molecule has 0 spiro atoms. The van der Waals surface area contributed by atoms with Crippen LogP contribution in [0.1, 0.15) is 37.9 Å². The first-order valence-electron chi connectivity index (χ1n) is 11.5. The zero-order chi connectivity index (χ0) is 25.0. The standard InChI is InChI=1S/C25H26BrFN6O2/c1-13(2)20-22(14(3)5-6-28-20)33-19-10-17(26)18(27)9-16(19)23(21-24(33)30-12-29-21)32-8-7-31(25(34)35)11-15(32)4/h5-6,9-10,12-13,15H,7-8,11H2,1-4H3,(H,34,35). The summed E-state index contributed by atoms with van der Waals surface area (Å²) in [5.74, 6) is 0.419. The van der Waals surface area contributed by atoms with Gasteiger partial charge in [0.25, 0.3) is 0 Å². The van der Waals surface area contributed by atoms with Crippen molar-refractivity contribution in [3.63, 3.8) is 0 Å². The molecular formula is C25H26BrFN6O2. The normalized spacial score (nSPS) is 16.6. The van der Waals surface area contributed by atoms with Crippen LogP contribution in [0.25, 0.3) is 28.1 Å². The fourth-order valence-corrected chi connectivity index (χ4v) is 5.34. The Labute approximate surface area is 210 Å². The molecule has 0 saturated carbocycles. The lowest BCUT2D eigenvalue weighted by molar-refractivity contribution is 0.136. The Balaban J connectivity index is 1.85. The summed E-state index contributed by atoms with van der Waals surface area (Å²) in [5.41, 5.74) is 5.03. The minimum Gasteiger partial charge on any atom is -0.465 e. The van der Waals surface area contributed by atoms with E-state index < -0.39 is 6.09 Å². The maximum Gasteiger partial charge on any atom is 0.407 e. The van der Waals surface area contributed by atoms with Crippen LogP contribution in [0.2, 0.25) is 0 Å². The third kappa shape index (κ3) is 3.80. The van der Waals surface area contributed by atoms with Crippen molar-refractivity contribution >= 4 is 38.6 Å². The summed E-state index contributed by atoms with van der Waals surface area (Å²) in [6.45, 7) is 9.36. The number of aromatic nitrogens is 4. The Morgan fingerprint density at radius 2 is 1.97 bits per heavy atom. The summed E-state index contributed by atoms with van der Waals surface area (Å²) in [6, 6.07) is 5.13. The third-order valence-electron chi connectivity index (χ3n) is 6.66. The SMILES string of the molecule is Cc1ccnc(C(C)C)c1-n1c2ncnc-2c(N2CCN(C(=O)O)CC2C)c2cc(F)c(Br)cc21. The number of piperazine rings is 1. The van der Waals surface area contributed by atoms with Crippen LogP contribution in [0.15, 0.2) is 35.2 Å². The number of pyridine rings is 2. The van der Waals surface area contributed by atoms with E-state index in [-0.39, 0.29) is 17.8 Å². The third-order valence-corrected chi connectivity index (χ3v) is 7.27. The number of halogens is 2. The lowest BCUT2D eigenvalue weighted by Crippen LogP contribution is -2.53. The summed E-state index contributed by atoms with van der Waals surface area (Å²) in [6.07, 6.45) is 2.39. The van der Waals surface area contributed by atoms with E-state index in [0.717, 1.165) is 28.1 Å². The molecule has 3 aliphatic heterocycles. The highest BCUT2D eigenvalue weighted by molar-refractivity contribution is 9.10. The molecule has 1 fully saturated rings. The highest BCUT2D eigenvalue weighted by Gasteiger charge is 2.33. The molecule has 2 aromatic rings. The smallest absolute Gasteiger partial charge is 0.407 e. The first kappa shape index (κ1) is 23.5. The van der Waals surface area contributed by atoms with Gasteiger partial charge in [0.1, 0.15) is 17.8 Å². The number of hydrogen-bond donors (Lipinski definition) is 1. The van der Waals surface area contributed by atoms with E-state index >= 15 is 0 Å². The van der Waals surface area contributed by atoms with Gasteiger partial charge in [-0.15, -0.1) is 0 Å². The molecule has 182 valence electrons. The lowest BCUT2D eigenvalue weighted by Gasteiger charge is -2.41. The second-order valence-electron chi connectivity index (χ2n) is 9.30. The largest absolute Gasteiger partial charge is 0.465 e. The van der Waals surface area contributed by atoms with Gasteiger partial charge in [-0.25, -0.2) is 19.2 Å². The average Bonchev–Trinajstić information content (AvgIpc) is 3.28. The molecule has 35 heavy (non-hydrogen) atoms. The quantitative estimate of drug-likeness (QED) is 0.372. The van der Waals surface area contributed by atoms with Crippen LogP contribution in [-0.4, -0.2) is 61.3 Å². The van der Waals surface area contributed by atoms with Gasteiger partial charge >= 0.3 is 6.09 Å². The number of carboxylic acid groups (broad SMARTS) is 1. The van der Waals surface area contributed by atoms with Crippen LogP contribution in [0, 0.1) is 12.7 Å². The number of aryl methyl sites for hydroxylation is 1. The van der Waals surface area contributed by atoms with Gasteiger partial charge in [0, 0.05) is 37.3 Å². The van der Waals surface area contributed by atoms with E-state index in [1.807, 2.05) is 24.5 Å². The van der Waals surface area contributed by atoms with Crippen LogP contribution in [0.4, 0.5) is 14.9 Å². The number of anilines is 1. The van der Waals surface area contributed by atoms with E-state index in [0.29, 0.717) is 41.0 Å². The van der Waals surface area contributed by atoms with Gasteiger partial charge in [0.05, 0.1) is 27.1 Å². The van der Waals surface area contributed by atoms with Crippen molar-refractivity contribution in [2.45, 2.75) is 39.7 Å². The molecule has 1 N–H and O–H groups in total. The van der Waals surface area contributed by atoms with Crippen LogP contribution in [0.3, 0.4) is 0 Å². The minimum absolute atomic E-state index is 0.128. The molecule has 1 aromatic heterocycles. The molecule has 1 amide bonds. The van der Waals surface area contributed by atoms with Gasteiger partial charge in [-0.05, 0) is 59.5 Å². The molecule has 0 aliphatic carbocycles. The number of nitrogens with zero attached hydrogens (tertiary/aromatic N) is 6. The van der Waals surface area contributed by atoms with Gasteiger partial charge in [-0.3, -0.25) is 9.55 Å². The molecule has 1 saturated heterocycles. The van der Waals surface area contributed by atoms with Crippen molar-refractivity contribution in [1.29, 1.82) is 0 Å². The summed E-state index contributed by atoms with van der Waals surface area (Å²) in [4.78, 5) is 29.0. The number of imidazole rings is 1. The number of rotatable bonds is 3. The second-order valence-corrected chi connectivity index (χ2v) is 10.2. The Hall–Kier alpha value is -3.27. The molecule has 3 aliphatic rings. The van der Waals surface area contributed by atoms with Crippen molar-refractivity contribution < 1.29 is 14.3 Å². The molecule has 1 unspecified atom stereocenters. The molecule has 0 bridgehead atoms. The van der Waals surface area contributed by atoms with Crippen molar-refractivity contribution in [3.05, 3.63) is 52.3 Å². The number of carbonyl (C=O) groups is 1. The van der Waals surface area contributed by atoms with Crippen LogP contribution >= 0.6 is 15.9 Å². The maximum atomic E-state index is 15.0. The Kier molecular flexibility index (Phi) is 5.86. The molecule has 1 atom stereocenters. The Morgan fingerprint density at radius 1 is 1.20 bits per heavy atom. The maximum absolute atomic E-state index is 15.0. The summed E-state index contributed by atoms with van der Waals surface area (Å²) >= 11 is 3.37. The van der Waals surface area contributed by atoms with Gasteiger partial charge in [-0.1, -0.05) is 13.8 Å².